The zero-order valence-corrected chi connectivity index (χ0v) is 9.70. The van der Waals surface area contributed by atoms with Gasteiger partial charge in [-0.05, 0) is 37.8 Å². The first-order valence-electron chi connectivity index (χ1n) is 5.70. The Morgan fingerprint density at radius 3 is 2.73 bits per heavy atom. The largest absolute Gasteiger partial charge is 0.493 e. The smallest absolute Gasteiger partial charge is 0.122 e. The highest BCUT2D eigenvalue weighted by Crippen LogP contribution is 2.20. The zero-order valence-electron chi connectivity index (χ0n) is 9.70. The third-order valence-electron chi connectivity index (χ3n) is 2.30. The van der Waals surface area contributed by atoms with Crippen LogP contribution in [0.3, 0.4) is 0 Å². The molecular formula is C13H21NO. The van der Waals surface area contributed by atoms with Crippen LogP contribution in [0.1, 0.15) is 32.3 Å². The maximum atomic E-state index is 5.75. The molecular weight excluding hydrogens is 186 g/mol. The van der Waals surface area contributed by atoms with Gasteiger partial charge < -0.3 is 10.5 Å². The lowest BCUT2D eigenvalue weighted by atomic mass is 10.1. The lowest BCUT2D eigenvalue weighted by molar-refractivity contribution is 0.313. The van der Waals surface area contributed by atoms with Gasteiger partial charge in [-0.25, -0.2) is 0 Å². The lowest BCUT2D eigenvalue weighted by Crippen LogP contribution is -2.15. The lowest BCUT2D eigenvalue weighted by Gasteiger charge is -2.11. The van der Waals surface area contributed by atoms with Crippen LogP contribution in [-0.2, 0) is 6.42 Å². The van der Waals surface area contributed by atoms with Crippen molar-refractivity contribution < 1.29 is 4.74 Å². The van der Waals surface area contributed by atoms with E-state index in [1.807, 2.05) is 19.1 Å². The quantitative estimate of drug-likeness (QED) is 0.778. The number of hydrogen-bond donors (Lipinski definition) is 1. The van der Waals surface area contributed by atoms with Crippen molar-refractivity contribution in [2.24, 2.45) is 5.73 Å². The molecule has 0 aliphatic carbocycles. The second-order valence-corrected chi connectivity index (χ2v) is 3.97. The van der Waals surface area contributed by atoms with E-state index in [0.29, 0.717) is 0 Å². The van der Waals surface area contributed by atoms with E-state index in [9.17, 15) is 0 Å². The Balaban J connectivity index is 2.59. The van der Waals surface area contributed by atoms with Gasteiger partial charge in [-0.2, -0.15) is 0 Å². The molecule has 0 aliphatic heterocycles. The van der Waals surface area contributed by atoms with E-state index in [1.165, 1.54) is 5.56 Å². The summed E-state index contributed by atoms with van der Waals surface area (Å²) in [6, 6.07) is 8.47. The minimum Gasteiger partial charge on any atom is -0.493 e. The van der Waals surface area contributed by atoms with E-state index in [-0.39, 0.29) is 6.04 Å². The van der Waals surface area contributed by atoms with E-state index >= 15 is 0 Å². The van der Waals surface area contributed by atoms with Crippen LogP contribution in [-0.4, -0.2) is 12.6 Å². The highest BCUT2D eigenvalue weighted by atomic mass is 16.5. The topological polar surface area (TPSA) is 35.2 Å². The molecule has 1 unspecified atom stereocenters. The van der Waals surface area contributed by atoms with Gasteiger partial charge in [0.1, 0.15) is 5.75 Å². The van der Waals surface area contributed by atoms with Gasteiger partial charge in [0, 0.05) is 6.04 Å². The van der Waals surface area contributed by atoms with Gasteiger partial charge in [-0.15, -0.1) is 0 Å². The van der Waals surface area contributed by atoms with Crippen molar-refractivity contribution in [1.82, 2.24) is 0 Å². The van der Waals surface area contributed by atoms with Crippen molar-refractivity contribution in [3.05, 3.63) is 29.8 Å². The second kappa shape index (κ2) is 6.46. The summed E-state index contributed by atoms with van der Waals surface area (Å²) in [5, 5.41) is 0. The van der Waals surface area contributed by atoms with Crippen LogP contribution < -0.4 is 10.5 Å². The van der Waals surface area contributed by atoms with Crippen molar-refractivity contribution >= 4 is 0 Å². The molecule has 0 amide bonds. The SMILES string of the molecule is CCCOc1ccccc1CCC(C)N. The Morgan fingerprint density at radius 2 is 2.07 bits per heavy atom. The highest BCUT2D eigenvalue weighted by molar-refractivity contribution is 5.33. The molecule has 0 spiro atoms. The first-order chi connectivity index (χ1) is 7.24. The van der Waals surface area contributed by atoms with Crippen LogP contribution >= 0.6 is 0 Å². The van der Waals surface area contributed by atoms with Gasteiger partial charge in [0.25, 0.3) is 0 Å². The van der Waals surface area contributed by atoms with Crippen molar-refractivity contribution in [2.75, 3.05) is 6.61 Å². The standard InChI is InChI=1S/C13H21NO/c1-3-10-15-13-7-5-4-6-12(13)9-8-11(2)14/h4-7,11H,3,8-10,14H2,1-2H3. The van der Waals surface area contributed by atoms with Gasteiger partial charge in [0.2, 0.25) is 0 Å². The van der Waals surface area contributed by atoms with Crippen molar-refractivity contribution in [3.8, 4) is 5.75 Å². The Bertz CT molecular complexity index is 284. The third kappa shape index (κ3) is 4.34. The average Bonchev–Trinajstić information content (AvgIpc) is 2.24. The third-order valence-corrected chi connectivity index (χ3v) is 2.30. The fourth-order valence-corrected chi connectivity index (χ4v) is 1.45. The fourth-order valence-electron chi connectivity index (χ4n) is 1.45. The number of rotatable bonds is 6. The molecule has 0 aliphatic rings. The molecule has 0 saturated carbocycles. The van der Waals surface area contributed by atoms with E-state index in [0.717, 1.165) is 31.6 Å². The molecule has 0 saturated heterocycles. The number of benzene rings is 1. The van der Waals surface area contributed by atoms with E-state index in [1.54, 1.807) is 0 Å². The van der Waals surface area contributed by atoms with Crippen molar-refractivity contribution in [1.29, 1.82) is 0 Å². The van der Waals surface area contributed by atoms with Crippen LogP contribution in [0.15, 0.2) is 24.3 Å². The minimum absolute atomic E-state index is 0.254. The number of para-hydroxylation sites is 1. The predicted molar refractivity (Wildman–Crippen MR) is 64.2 cm³/mol. The molecule has 0 radical (unpaired) electrons. The van der Waals surface area contributed by atoms with Crippen LogP contribution in [0.4, 0.5) is 0 Å². The molecule has 0 heterocycles. The molecule has 0 fully saturated rings. The molecule has 2 heteroatoms. The molecule has 1 aromatic carbocycles. The molecule has 0 aromatic heterocycles. The first kappa shape index (κ1) is 12.1. The van der Waals surface area contributed by atoms with E-state index < -0.39 is 0 Å². The number of hydrogen-bond acceptors (Lipinski definition) is 2. The normalized spacial score (nSPS) is 12.5. The highest BCUT2D eigenvalue weighted by Gasteiger charge is 2.03. The van der Waals surface area contributed by atoms with E-state index in [4.69, 9.17) is 10.5 Å². The van der Waals surface area contributed by atoms with Gasteiger partial charge in [-0.3, -0.25) is 0 Å². The summed E-state index contributed by atoms with van der Waals surface area (Å²) in [5.41, 5.74) is 7.02. The summed E-state index contributed by atoms with van der Waals surface area (Å²) >= 11 is 0. The number of aryl methyl sites for hydroxylation is 1. The molecule has 1 aromatic rings. The molecule has 2 N–H and O–H groups in total. The summed E-state index contributed by atoms with van der Waals surface area (Å²) in [6.07, 6.45) is 3.05. The molecule has 1 rings (SSSR count). The van der Waals surface area contributed by atoms with Crippen LogP contribution in [0, 0.1) is 0 Å². The Labute approximate surface area is 92.4 Å². The molecule has 2 nitrogen and oxygen atoms in total. The van der Waals surface area contributed by atoms with Gasteiger partial charge in [0.05, 0.1) is 6.61 Å². The summed E-state index contributed by atoms with van der Waals surface area (Å²) in [6.45, 7) is 4.94. The predicted octanol–water partition coefficient (Wildman–Crippen LogP) is 2.76. The molecule has 1 atom stereocenters. The summed E-state index contributed by atoms with van der Waals surface area (Å²) < 4.78 is 5.68. The van der Waals surface area contributed by atoms with Gasteiger partial charge in [0.15, 0.2) is 0 Å². The van der Waals surface area contributed by atoms with Crippen LogP contribution in [0.2, 0.25) is 0 Å². The Kier molecular flexibility index (Phi) is 5.19. The Hall–Kier alpha value is -1.02. The van der Waals surface area contributed by atoms with Crippen molar-refractivity contribution in [3.63, 3.8) is 0 Å². The number of ether oxygens (including phenoxy) is 1. The monoisotopic (exact) mass is 207 g/mol. The van der Waals surface area contributed by atoms with E-state index in [2.05, 4.69) is 19.1 Å². The first-order valence-corrected chi connectivity index (χ1v) is 5.70. The van der Waals surface area contributed by atoms with Crippen molar-refractivity contribution in [2.45, 2.75) is 39.2 Å². The summed E-state index contributed by atoms with van der Waals surface area (Å²) in [5.74, 6) is 1.01. The summed E-state index contributed by atoms with van der Waals surface area (Å²) in [7, 11) is 0. The van der Waals surface area contributed by atoms with Crippen LogP contribution in [0.25, 0.3) is 0 Å². The zero-order chi connectivity index (χ0) is 11.1. The maximum absolute atomic E-state index is 5.75. The summed E-state index contributed by atoms with van der Waals surface area (Å²) in [4.78, 5) is 0. The second-order valence-electron chi connectivity index (χ2n) is 3.97. The van der Waals surface area contributed by atoms with Gasteiger partial charge in [-0.1, -0.05) is 25.1 Å². The maximum Gasteiger partial charge on any atom is 0.122 e. The fraction of sp³-hybridized carbons (Fsp3) is 0.538. The van der Waals surface area contributed by atoms with Crippen LogP contribution in [0.5, 0.6) is 5.75 Å². The van der Waals surface area contributed by atoms with Gasteiger partial charge >= 0.3 is 0 Å². The number of nitrogens with two attached hydrogens (primary N) is 1. The molecule has 84 valence electrons. The Morgan fingerprint density at radius 1 is 1.33 bits per heavy atom. The molecule has 15 heavy (non-hydrogen) atoms. The average molecular weight is 207 g/mol. The molecule has 0 bridgehead atoms. The minimum atomic E-state index is 0.254.